The Balaban J connectivity index is 1.78. The van der Waals surface area contributed by atoms with Gasteiger partial charge in [-0.25, -0.2) is 9.37 Å². The van der Waals surface area contributed by atoms with Crippen molar-refractivity contribution in [3.05, 3.63) is 114 Å². The molecule has 2 aromatic heterocycles. The minimum Gasteiger partial charge on any atom is -0.467 e. The van der Waals surface area contributed by atoms with Crippen molar-refractivity contribution < 1.29 is 18.4 Å². The summed E-state index contributed by atoms with van der Waals surface area (Å²) in [5.41, 5.74) is 1.97. The molecule has 1 N–H and O–H groups in total. The molecule has 0 saturated heterocycles. The summed E-state index contributed by atoms with van der Waals surface area (Å²) in [7, 11) is 0. The van der Waals surface area contributed by atoms with Crippen LogP contribution in [0.3, 0.4) is 0 Å². The average Bonchev–Trinajstić information content (AvgIpc) is 3.35. The predicted octanol–water partition coefficient (Wildman–Crippen LogP) is 4.54. The SMILES string of the molecule is Cc1ccccc1[C@@H](C(=O)Nc1ccc(F)cc1)N(Cc1ccco1)C(=O)c1cnccn1. The molecule has 0 unspecified atom stereocenters. The second-order valence-electron chi connectivity index (χ2n) is 7.36. The summed E-state index contributed by atoms with van der Waals surface area (Å²) in [6.07, 6.45) is 5.74. The summed E-state index contributed by atoms with van der Waals surface area (Å²) in [5.74, 6) is -0.858. The van der Waals surface area contributed by atoms with Crippen LogP contribution in [0, 0.1) is 12.7 Å². The van der Waals surface area contributed by atoms with E-state index >= 15 is 0 Å². The molecule has 0 aliphatic carbocycles. The molecule has 0 radical (unpaired) electrons. The molecule has 0 saturated carbocycles. The van der Waals surface area contributed by atoms with Crippen LogP contribution in [0.5, 0.6) is 0 Å². The van der Waals surface area contributed by atoms with Crippen molar-refractivity contribution in [1.29, 1.82) is 0 Å². The molecule has 7 nitrogen and oxygen atoms in total. The lowest BCUT2D eigenvalue weighted by Gasteiger charge is -2.31. The molecule has 0 aliphatic rings. The average molecular weight is 444 g/mol. The molecule has 0 fully saturated rings. The molecule has 0 spiro atoms. The lowest BCUT2D eigenvalue weighted by molar-refractivity contribution is -0.121. The molecule has 4 rings (SSSR count). The minimum atomic E-state index is -1.02. The number of carbonyl (C=O) groups is 2. The Morgan fingerprint density at radius 1 is 1.06 bits per heavy atom. The van der Waals surface area contributed by atoms with Gasteiger partial charge < -0.3 is 14.6 Å². The van der Waals surface area contributed by atoms with Crippen LogP contribution in [-0.4, -0.2) is 26.7 Å². The number of nitrogens with zero attached hydrogens (tertiary/aromatic N) is 3. The van der Waals surface area contributed by atoms with Crippen molar-refractivity contribution in [2.75, 3.05) is 5.32 Å². The molecular formula is C25H21FN4O3. The van der Waals surface area contributed by atoms with E-state index in [2.05, 4.69) is 15.3 Å². The highest BCUT2D eigenvalue weighted by molar-refractivity contribution is 6.01. The molecule has 2 heterocycles. The van der Waals surface area contributed by atoms with E-state index in [1.807, 2.05) is 19.1 Å². The number of halogens is 1. The molecule has 1 atom stereocenters. The van der Waals surface area contributed by atoms with Crippen LogP contribution >= 0.6 is 0 Å². The maximum atomic E-state index is 13.6. The van der Waals surface area contributed by atoms with Gasteiger partial charge in [0, 0.05) is 18.1 Å². The number of rotatable bonds is 7. The van der Waals surface area contributed by atoms with Gasteiger partial charge in [-0.2, -0.15) is 0 Å². The number of nitrogens with one attached hydrogen (secondary N) is 1. The Labute approximate surface area is 189 Å². The van der Waals surface area contributed by atoms with Gasteiger partial charge in [0.2, 0.25) is 0 Å². The number of amides is 2. The first kappa shape index (κ1) is 21.9. The highest BCUT2D eigenvalue weighted by Crippen LogP contribution is 2.29. The first-order chi connectivity index (χ1) is 16.0. The van der Waals surface area contributed by atoms with Crippen LogP contribution in [0.15, 0.2) is 89.9 Å². The summed E-state index contributed by atoms with van der Waals surface area (Å²) in [6.45, 7) is 1.89. The Morgan fingerprint density at radius 2 is 1.85 bits per heavy atom. The van der Waals surface area contributed by atoms with E-state index in [9.17, 15) is 14.0 Å². The molecule has 2 aromatic carbocycles. The van der Waals surface area contributed by atoms with Crippen molar-refractivity contribution >= 4 is 17.5 Å². The van der Waals surface area contributed by atoms with Crippen LogP contribution in [0.2, 0.25) is 0 Å². The molecule has 0 aliphatic heterocycles. The topological polar surface area (TPSA) is 88.3 Å². The van der Waals surface area contributed by atoms with E-state index in [0.29, 0.717) is 17.0 Å². The number of aryl methyl sites for hydroxylation is 1. The number of anilines is 1. The summed E-state index contributed by atoms with van der Waals surface area (Å²) in [4.78, 5) is 36.6. The van der Waals surface area contributed by atoms with Gasteiger partial charge in [-0.15, -0.1) is 0 Å². The van der Waals surface area contributed by atoms with E-state index in [-0.39, 0.29) is 12.2 Å². The third kappa shape index (κ3) is 5.12. The number of hydrogen-bond acceptors (Lipinski definition) is 5. The van der Waals surface area contributed by atoms with Gasteiger partial charge in [0.25, 0.3) is 11.8 Å². The molecule has 2 amide bonds. The Kier molecular flexibility index (Phi) is 6.54. The number of furan rings is 1. The van der Waals surface area contributed by atoms with Gasteiger partial charge in [0.1, 0.15) is 23.3 Å². The van der Waals surface area contributed by atoms with Crippen LogP contribution < -0.4 is 5.32 Å². The predicted molar refractivity (Wildman–Crippen MR) is 120 cm³/mol. The molecule has 8 heteroatoms. The van der Waals surface area contributed by atoms with Crippen molar-refractivity contribution in [2.45, 2.75) is 19.5 Å². The molecule has 33 heavy (non-hydrogen) atoms. The maximum Gasteiger partial charge on any atom is 0.275 e. The van der Waals surface area contributed by atoms with Gasteiger partial charge in [-0.1, -0.05) is 24.3 Å². The van der Waals surface area contributed by atoms with Crippen molar-refractivity contribution in [1.82, 2.24) is 14.9 Å². The minimum absolute atomic E-state index is 0.0260. The van der Waals surface area contributed by atoms with Gasteiger partial charge in [0.15, 0.2) is 0 Å². The highest BCUT2D eigenvalue weighted by atomic mass is 19.1. The lowest BCUT2D eigenvalue weighted by atomic mass is 9.98. The number of benzene rings is 2. The molecule has 166 valence electrons. The fraction of sp³-hybridized carbons (Fsp3) is 0.120. The first-order valence-corrected chi connectivity index (χ1v) is 10.2. The van der Waals surface area contributed by atoms with Crippen molar-refractivity contribution in [2.24, 2.45) is 0 Å². The Morgan fingerprint density at radius 3 is 2.52 bits per heavy atom. The van der Waals surface area contributed by atoms with E-state index in [1.54, 1.807) is 24.3 Å². The zero-order chi connectivity index (χ0) is 23.2. The maximum absolute atomic E-state index is 13.6. The number of hydrogen-bond donors (Lipinski definition) is 1. The number of aromatic nitrogens is 2. The zero-order valence-corrected chi connectivity index (χ0v) is 17.8. The number of carbonyl (C=O) groups excluding carboxylic acids is 2. The second-order valence-corrected chi connectivity index (χ2v) is 7.36. The fourth-order valence-electron chi connectivity index (χ4n) is 3.50. The highest BCUT2D eigenvalue weighted by Gasteiger charge is 2.34. The van der Waals surface area contributed by atoms with E-state index in [0.717, 1.165) is 5.56 Å². The zero-order valence-electron chi connectivity index (χ0n) is 17.8. The third-order valence-electron chi connectivity index (χ3n) is 5.10. The molecule has 0 bridgehead atoms. The van der Waals surface area contributed by atoms with Crippen LogP contribution in [0.25, 0.3) is 0 Å². The normalized spacial score (nSPS) is 11.6. The van der Waals surface area contributed by atoms with E-state index < -0.39 is 23.7 Å². The monoisotopic (exact) mass is 444 g/mol. The Hall–Kier alpha value is -4.33. The van der Waals surface area contributed by atoms with E-state index in [4.69, 9.17) is 4.42 Å². The van der Waals surface area contributed by atoms with Gasteiger partial charge in [0.05, 0.1) is 19.0 Å². The quantitative estimate of drug-likeness (QED) is 0.452. The molecule has 4 aromatic rings. The van der Waals surface area contributed by atoms with Crippen LogP contribution in [0.1, 0.15) is 33.4 Å². The summed E-state index contributed by atoms with van der Waals surface area (Å²) in [5, 5.41) is 2.80. The van der Waals surface area contributed by atoms with Gasteiger partial charge in [-0.05, 0) is 54.4 Å². The van der Waals surface area contributed by atoms with Crippen molar-refractivity contribution in [3.8, 4) is 0 Å². The second kappa shape index (κ2) is 9.86. The van der Waals surface area contributed by atoms with E-state index in [1.165, 1.54) is 54.0 Å². The smallest absolute Gasteiger partial charge is 0.275 e. The largest absolute Gasteiger partial charge is 0.467 e. The first-order valence-electron chi connectivity index (χ1n) is 10.2. The lowest BCUT2D eigenvalue weighted by Crippen LogP contribution is -2.41. The fourth-order valence-corrected chi connectivity index (χ4v) is 3.50. The molecular weight excluding hydrogens is 423 g/mol. The van der Waals surface area contributed by atoms with Gasteiger partial charge in [-0.3, -0.25) is 14.6 Å². The summed E-state index contributed by atoms with van der Waals surface area (Å²) < 4.78 is 18.8. The van der Waals surface area contributed by atoms with Crippen LogP contribution in [0.4, 0.5) is 10.1 Å². The van der Waals surface area contributed by atoms with Crippen molar-refractivity contribution in [3.63, 3.8) is 0 Å². The Bertz CT molecular complexity index is 1230. The third-order valence-corrected chi connectivity index (χ3v) is 5.10. The summed E-state index contributed by atoms with van der Waals surface area (Å²) in [6, 6.07) is 15.2. The standard InChI is InChI=1S/C25H21FN4O3/c1-17-5-2-3-7-21(17)23(24(31)29-19-10-8-18(26)9-11-19)30(16-20-6-4-14-33-20)25(32)22-15-27-12-13-28-22/h2-15,23H,16H2,1H3,(H,29,31)/t23-/m0/s1. The summed E-state index contributed by atoms with van der Waals surface area (Å²) >= 11 is 0. The van der Waals surface area contributed by atoms with Crippen LogP contribution in [-0.2, 0) is 11.3 Å². The van der Waals surface area contributed by atoms with Gasteiger partial charge >= 0.3 is 0 Å².